The maximum absolute atomic E-state index is 13.1. The Morgan fingerprint density at radius 1 is 1.21 bits per heavy atom. The molecule has 1 fully saturated rings. The molecule has 0 radical (unpaired) electrons. The van der Waals surface area contributed by atoms with Gasteiger partial charge in [-0.05, 0) is 49.8 Å². The van der Waals surface area contributed by atoms with Crippen LogP contribution in [-0.4, -0.2) is 19.7 Å². The van der Waals surface area contributed by atoms with Gasteiger partial charge in [-0.25, -0.2) is 0 Å². The summed E-state index contributed by atoms with van der Waals surface area (Å²) in [4.78, 5) is 27.9. The molecule has 168 valence electrons. The van der Waals surface area contributed by atoms with Crippen LogP contribution in [0.15, 0.2) is 55.3 Å². The number of nitrogens with one attached hydrogen (secondary N) is 1. The highest BCUT2D eigenvalue weighted by molar-refractivity contribution is 8.26. The van der Waals surface area contributed by atoms with E-state index >= 15 is 0 Å². The van der Waals surface area contributed by atoms with Gasteiger partial charge >= 0.3 is 0 Å². The molecule has 1 N–H and O–H groups in total. The van der Waals surface area contributed by atoms with Gasteiger partial charge in [0, 0.05) is 12.1 Å². The van der Waals surface area contributed by atoms with Crippen LogP contribution in [0.25, 0.3) is 6.08 Å². The molecule has 0 atom stereocenters. The summed E-state index contributed by atoms with van der Waals surface area (Å²) in [5.41, 5.74) is 0.725. The molecule has 1 amide bonds. The third-order valence-electron chi connectivity index (χ3n) is 5.24. The molecule has 4 rings (SSSR count). The smallest absolute Gasteiger partial charge is 0.270 e. The quantitative estimate of drug-likeness (QED) is 0.395. The second-order valence-corrected chi connectivity index (χ2v) is 8.88. The van der Waals surface area contributed by atoms with Gasteiger partial charge < -0.3 is 14.2 Å². The molecule has 3 aromatic heterocycles. The lowest BCUT2D eigenvalue weighted by atomic mass is 10.0. The number of hydrogen-bond donors (Lipinski definition) is 1. The largest absolute Gasteiger partial charge is 0.467 e. The number of thioether (sulfide) groups is 1. The number of nitriles is 1. The fourth-order valence-electron chi connectivity index (χ4n) is 3.57. The maximum atomic E-state index is 13.1. The number of carbonyl (C=O) groups excluding carboxylic acids is 1. The van der Waals surface area contributed by atoms with Crippen molar-refractivity contribution < 1.29 is 13.6 Å². The molecule has 0 aliphatic carbocycles. The lowest BCUT2D eigenvalue weighted by molar-refractivity contribution is -0.122. The molecule has 33 heavy (non-hydrogen) atoms. The van der Waals surface area contributed by atoms with E-state index in [2.05, 4.69) is 5.32 Å². The van der Waals surface area contributed by atoms with Crippen LogP contribution >= 0.6 is 24.0 Å². The van der Waals surface area contributed by atoms with E-state index in [1.54, 1.807) is 43.7 Å². The van der Waals surface area contributed by atoms with Crippen LogP contribution in [0.2, 0.25) is 0 Å². The van der Waals surface area contributed by atoms with Gasteiger partial charge in [-0.2, -0.15) is 5.26 Å². The topological polar surface area (TPSA) is 104 Å². The molecule has 8 nitrogen and oxygen atoms in total. The van der Waals surface area contributed by atoms with Crippen LogP contribution in [-0.2, 0) is 24.4 Å². The van der Waals surface area contributed by atoms with Gasteiger partial charge in [-0.3, -0.25) is 19.1 Å². The Balaban J connectivity index is 1.77. The number of pyridine rings is 1. The standard InChI is InChI=1S/C23H20N4O4S2/c1-3-26-20(25-12-15-6-4-8-30-15)17(14(2)18(11-24)21(26)28)10-19-22(29)27(23(32)33-19)13-16-7-5-9-31-16/h4-10,25H,3,12-13H2,1-2H3/b19-10-. The first-order valence-electron chi connectivity index (χ1n) is 10.2. The molecule has 10 heteroatoms. The number of thiocarbonyl (C=S) groups is 1. The van der Waals surface area contributed by atoms with Crippen molar-refractivity contribution in [3.05, 3.63) is 80.3 Å². The Morgan fingerprint density at radius 2 is 1.91 bits per heavy atom. The summed E-state index contributed by atoms with van der Waals surface area (Å²) in [6, 6.07) is 9.13. The first-order valence-corrected chi connectivity index (χ1v) is 11.4. The highest BCUT2D eigenvalue weighted by Crippen LogP contribution is 2.36. The minimum Gasteiger partial charge on any atom is -0.467 e. The number of anilines is 1. The van der Waals surface area contributed by atoms with E-state index in [1.807, 2.05) is 19.1 Å². The van der Waals surface area contributed by atoms with Crippen molar-refractivity contribution in [1.82, 2.24) is 9.47 Å². The summed E-state index contributed by atoms with van der Waals surface area (Å²) < 4.78 is 12.6. The maximum Gasteiger partial charge on any atom is 0.270 e. The monoisotopic (exact) mass is 480 g/mol. The van der Waals surface area contributed by atoms with Gasteiger partial charge in [0.2, 0.25) is 0 Å². The molecule has 1 aliphatic rings. The Bertz CT molecular complexity index is 1330. The number of aromatic nitrogens is 1. The fraction of sp³-hybridized carbons (Fsp3) is 0.217. The minimum absolute atomic E-state index is 0.0395. The summed E-state index contributed by atoms with van der Waals surface area (Å²) in [5, 5.41) is 12.9. The molecule has 0 bridgehead atoms. The minimum atomic E-state index is -0.387. The van der Waals surface area contributed by atoms with Crippen molar-refractivity contribution in [3.63, 3.8) is 0 Å². The van der Waals surface area contributed by atoms with Crippen LogP contribution in [0, 0.1) is 18.3 Å². The van der Waals surface area contributed by atoms with Gasteiger partial charge in [-0.15, -0.1) is 0 Å². The van der Waals surface area contributed by atoms with Crippen LogP contribution in [0.1, 0.15) is 35.1 Å². The molecule has 1 aliphatic heterocycles. The average molecular weight is 481 g/mol. The molecule has 0 saturated carbocycles. The van der Waals surface area contributed by atoms with Crippen molar-refractivity contribution >= 4 is 46.1 Å². The van der Waals surface area contributed by atoms with E-state index in [4.69, 9.17) is 21.1 Å². The molecule has 4 heterocycles. The lowest BCUT2D eigenvalue weighted by Crippen LogP contribution is -2.28. The summed E-state index contributed by atoms with van der Waals surface area (Å²) >= 11 is 6.60. The normalized spacial score (nSPS) is 14.8. The van der Waals surface area contributed by atoms with Gasteiger partial charge in [-0.1, -0.05) is 24.0 Å². The van der Waals surface area contributed by atoms with Gasteiger partial charge in [0.25, 0.3) is 11.5 Å². The van der Waals surface area contributed by atoms with Gasteiger partial charge in [0.05, 0.1) is 30.5 Å². The summed E-state index contributed by atoms with van der Waals surface area (Å²) in [6.45, 7) is 4.43. The molecule has 0 aromatic carbocycles. The Kier molecular flexibility index (Phi) is 6.53. The van der Waals surface area contributed by atoms with Crippen LogP contribution in [0.5, 0.6) is 0 Å². The lowest BCUT2D eigenvalue weighted by Gasteiger charge is -2.19. The van der Waals surface area contributed by atoms with Crippen molar-refractivity contribution in [1.29, 1.82) is 5.26 Å². The molecule has 3 aromatic rings. The second kappa shape index (κ2) is 9.52. The molecule has 1 saturated heterocycles. The zero-order valence-electron chi connectivity index (χ0n) is 18.0. The van der Waals surface area contributed by atoms with Crippen molar-refractivity contribution in [2.75, 3.05) is 5.32 Å². The first kappa shape index (κ1) is 22.6. The van der Waals surface area contributed by atoms with E-state index in [0.717, 1.165) is 0 Å². The van der Waals surface area contributed by atoms with E-state index in [9.17, 15) is 14.9 Å². The third-order valence-corrected chi connectivity index (χ3v) is 6.62. The van der Waals surface area contributed by atoms with Gasteiger partial charge in [0.1, 0.15) is 33.3 Å². The number of nitrogens with zero attached hydrogens (tertiary/aromatic N) is 3. The zero-order chi connectivity index (χ0) is 23.5. The fourth-order valence-corrected chi connectivity index (χ4v) is 4.80. The number of rotatable bonds is 7. The average Bonchev–Trinajstić information content (AvgIpc) is 3.55. The molecule has 0 unspecified atom stereocenters. The van der Waals surface area contributed by atoms with E-state index in [0.29, 0.717) is 50.8 Å². The number of amides is 1. The number of carbonyl (C=O) groups is 1. The van der Waals surface area contributed by atoms with Crippen LogP contribution < -0.4 is 10.9 Å². The summed E-state index contributed by atoms with van der Waals surface area (Å²) in [7, 11) is 0. The SMILES string of the molecule is CCn1c(NCc2ccco2)c(/C=C2\SC(=S)N(Cc3ccco3)C2=O)c(C)c(C#N)c1=O. The second-order valence-electron chi connectivity index (χ2n) is 7.20. The number of hydrogen-bond acceptors (Lipinski definition) is 8. The van der Waals surface area contributed by atoms with Crippen molar-refractivity contribution in [3.8, 4) is 6.07 Å². The first-order chi connectivity index (χ1) is 15.9. The highest BCUT2D eigenvalue weighted by Gasteiger charge is 2.33. The van der Waals surface area contributed by atoms with E-state index < -0.39 is 0 Å². The summed E-state index contributed by atoms with van der Waals surface area (Å²) in [6.07, 6.45) is 4.80. The zero-order valence-corrected chi connectivity index (χ0v) is 19.6. The molecular formula is C23H20N4O4S2. The van der Waals surface area contributed by atoms with Crippen molar-refractivity contribution in [2.45, 2.75) is 33.5 Å². The highest BCUT2D eigenvalue weighted by atomic mass is 32.2. The predicted octanol–water partition coefficient (Wildman–Crippen LogP) is 4.25. The Labute approximate surface area is 199 Å². The van der Waals surface area contributed by atoms with Gasteiger partial charge in [0.15, 0.2) is 0 Å². The number of furan rings is 2. The van der Waals surface area contributed by atoms with Crippen LogP contribution in [0.4, 0.5) is 5.82 Å². The van der Waals surface area contributed by atoms with Crippen LogP contribution in [0.3, 0.4) is 0 Å². The van der Waals surface area contributed by atoms with E-state index in [1.165, 1.54) is 21.2 Å². The molecular weight excluding hydrogens is 460 g/mol. The van der Waals surface area contributed by atoms with Crippen molar-refractivity contribution in [2.24, 2.45) is 0 Å². The van der Waals surface area contributed by atoms with E-state index in [-0.39, 0.29) is 23.6 Å². The summed E-state index contributed by atoms with van der Waals surface area (Å²) in [5.74, 6) is 1.55. The predicted molar refractivity (Wildman–Crippen MR) is 129 cm³/mol. The third kappa shape index (κ3) is 4.37. The Morgan fingerprint density at radius 3 is 2.52 bits per heavy atom. The molecule has 0 spiro atoms. The Hall–Kier alpha value is -3.55.